The predicted octanol–water partition coefficient (Wildman–Crippen LogP) is 2.65. The Morgan fingerprint density at radius 3 is 2.70 bits per heavy atom. The fourth-order valence-corrected chi connectivity index (χ4v) is 1.78. The predicted molar refractivity (Wildman–Crippen MR) is 77.5 cm³/mol. The third-order valence-corrected chi connectivity index (χ3v) is 2.95. The van der Waals surface area contributed by atoms with Gasteiger partial charge in [0.25, 0.3) is 5.91 Å². The Morgan fingerprint density at radius 1 is 1.30 bits per heavy atom. The Bertz CT molecular complexity index is 552. The van der Waals surface area contributed by atoms with Crippen LogP contribution in [0.25, 0.3) is 0 Å². The maximum atomic E-state index is 11.8. The number of ether oxygens (including phenoxy) is 1. The van der Waals surface area contributed by atoms with Gasteiger partial charge in [0.05, 0.1) is 6.04 Å². The highest BCUT2D eigenvalue weighted by Crippen LogP contribution is 2.12. The van der Waals surface area contributed by atoms with Crippen LogP contribution in [0.5, 0.6) is 5.75 Å². The van der Waals surface area contributed by atoms with Crippen LogP contribution >= 0.6 is 0 Å². The molecule has 2 aromatic rings. The van der Waals surface area contributed by atoms with Crippen LogP contribution in [0.1, 0.15) is 24.1 Å². The summed E-state index contributed by atoms with van der Waals surface area (Å²) in [5, 5.41) is 2.87. The zero-order valence-corrected chi connectivity index (χ0v) is 11.7. The van der Waals surface area contributed by atoms with Gasteiger partial charge < -0.3 is 10.1 Å². The van der Waals surface area contributed by atoms with Gasteiger partial charge in [-0.1, -0.05) is 23.8 Å². The smallest absolute Gasteiger partial charge is 0.258 e. The molecule has 0 aliphatic rings. The van der Waals surface area contributed by atoms with E-state index in [1.807, 2.05) is 50.2 Å². The first-order valence-electron chi connectivity index (χ1n) is 6.54. The number of aromatic nitrogens is 1. The van der Waals surface area contributed by atoms with Crippen molar-refractivity contribution in [3.63, 3.8) is 0 Å². The molecule has 1 amide bonds. The lowest BCUT2D eigenvalue weighted by molar-refractivity contribution is -0.123. The number of hydrogen-bond donors (Lipinski definition) is 1. The molecule has 2 rings (SSSR count). The van der Waals surface area contributed by atoms with E-state index in [2.05, 4.69) is 10.3 Å². The summed E-state index contributed by atoms with van der Waals surface area (Å²) in [6.07, 6.45) is 3.45. The molecule has 104 valence electrons. The summed E-state index contributed by atoms with van der Waals surface area (Å²) in [4.78, 5) is 15.8. The maximum absolute atomic E-state index is 11.8. The van der Waals surface area contributed by atoms with Crippen molar-refractivity contribution in [3.05, 3.63) is 59.9 Å². The second-order valence-corrected chi connectivity index (χ2v) is 4.68. The lowest BCUT2D eigenvalue weighted by Crippen LogP contribution is -2.31. The SMILES string of the molecule is Cc1ccc(OCC(=O)NC(C)c2cccnc2)cc1. The number of aryl methyl sites for hydroxylation is 1. The molecule has 0 saturated heterocycles. The second-order valence-electron chi connectivity index (χ2n) is 4.68. The van der Waals surface area contributed by atoms with Crippen molar-refractivity contribution in [2.45, 2.75) is 19.9 Å². The Balaban J connectivity index is 1.82. The van der Waals surface area contributed by atoms with Crippen LogP contribution in [0.2, 0.25) is 0 Å². The standard InChI is InChI=1S/C16H18N2O2/c1-12-5-7-15(8-6-12)20-11-16(19)18-13(2)14-4-3-9-17-10-14/h3-10,13H,11H2,1-2H3,(H,18,19). The van der Waals surface area contributed by atoms with Crippen LogP contribution in [0.15, 0.2) is 48.8 Å². The normalized spacial score (nSPS) is 11.7. The number of carbonyl (C=O) groups is 1. The lowest BCUT2D eigenvalue weighted by Gasteiger charge is -2.14. The van der Waals surface area contributed by atoms with Gasteiger partial charge in [-0.15, -0.1) is 0 Å². The molecule has 0 aliphatic carbocycles. The Morgan fingerprint density at radius 2 is 2.05 bits per heavy atom. The fourth-order valence-electron chi connectivity index (χ4n) is 1.78. The van der Waals surface area contributed by atoms with Crippen molar-refractivity contribution in [2.75, 3.05) is 6.61 Å². The van der Waals surface area contributed by atoms with Crippen LogP contribution in [0.3, 0.4) is 0 Å². The van der Waals surface area contributed by atoms with Gasteiger partial charge in [-0.25, -0.2) is 0 Å². The molecule has 4 nitrogen and oxygen atoms in total. The van der Waals surface area contributed by atoms with Gasteiger partial charge in [-0.3, -0.25) is 9.78 Å². The molecule has 1 aromatic carbocycles. The van der Waals surface area contributed by atoms with Crippen molar-refractivity contribution in [2.24, 2.45) is 0 Å². The number of benzene rings is 1. The number of hydrogen-bond acceptors (Lipinski definition) is 3. The Kier molecular flexibility index (Phi) is 4.71. The molecule has 1 N–H and O–H groups in total. The largest absolute Gasteiger partial charge is 0.484 e. The molecule has 0 spiro atoms. The van der Waals surface area contributed by atoms with E-state index in [4.69, 9.17) is 4.74 Å². The topological polar surface area (TPSA) is 51.2 Å². The van der Waals surface area contributed by atoms with Gasteiger partial charge in [0.15, 0.2) is 6.61 Å². The average molecular weight is 270 g/mol. The molecule has 0 radical (unpaired) electrons. The minimum Gasteiger partial charge on any atom is -0.484 e. The minimum atomic E-state index is -0.151. The molecule has 20 heavy (non-hydrogen) atoms. The van der Waals surface area contributed by atoms with Gasteiger partial charge >= 0.3 is 0 Å². The number of nitrogens with one attached hydrogen (secondary N) is 1. The van der Waals surface area contributed by atoms with Crippen LogP contribution in [0, 0.1) is 6.92 Å². The van der Waals surface area contributed by atoms with Gasteiger partial charge in [-0.05, 0) is 37.6 Å². The molecule has 1 aromatic heterocycles. The van der Waals surface area contributed by atoms with E-state index < -0.39 is 0 Å². The van der Waals surface area contributed by atoms with Gasteiger partial charge in [0.1, 0.15) is 5.75 Å². The lowest BCUT2D eigenvalue weighted by atomic mass is 10.1. The van der Waals surface area contributed by atoms with Crippen LogP contribution in [0.4, 0.5) is 0 Å². The molecule has 1 atom stereocenters. The molecule has 1 unspecified atom stereocenters. The average Bonchev–Trinajstić information content (AvgIpc) is 2.47. The second kappa shape index (κ2) is 6.70. The number of nitrogens with zero attached hydrogens (tertiary/aromatic N) is 1. The molecule has 0 saturated carbocycles. The quantitative estimate of drug-likeness (QED) is 0.908. The summed E-state index contributed by atoms with van der Waals surface area (Å²) in [5.41, 5.74) is 2.13. The molecule has 4 heteroatoms. The maximum Gasteiger partial charge on any atom is 0.258 e. The van der Waals surface area contributed by atoms with Crippen LogP contribution in [-0.4, -0.2) is 17.5 Å². The number of amides is 1. The zero-order valence-electron chi connectivity index (χ0n) is 11.7. The van der Waals surface area contributed by atoms with E-state index in [0.29, 0.717) is 5.75 Å². The molecular weight excluding hydrogens is 252 g/mol. The minimum absolute atomic E-state index is 0.00760. The van der Waals surface area contributed by atoms with E-state index in [-0.39, 0.29) is 18.6 Å². The highest BCUT2D eigenvalue weighted by atomic mass is 16.5. The van der Waals surface area contributed by atoms with Crippen LogP contribution < -0.4 is 10.1 Å². The van der Waals surface area contributed by atoms with Crippen molar-refractivity contribution in [1.82, 2.24) is 10.3 Å². The summed E-state index contributed by atoms with van der Waals surface area (Å²) in [5.74, 6) is 0.543. The third-order valence-electron chi connectivity index (χ3n) is 2.95. The van der Waals surface area contributed by atoms with Gasteiger partial charge in [-0.2, -0.15) is 0 Å². The first kappa shape index (κ1) is 14.1. The van der Waals surface area contributed by atoms with Crippen molar-refractivity contribution in [1.29, 1.82) is 0 Å². The molecule has 0 bridgehead atoms. The first-order chi connectivity index (χ1) is 9.65. The van der Waals surface area contributed by atoms with Gasteiger partial charge in [0, 0.05) is 12.4 Å². The molecule has 0 aliphatic heterocycles. The molecular formula is C16H18N2O2. The van der Waals surface area contributed by atoms with E-state index in [9.17, 15) is 4.79 Å². The van der Waals surface area contributed by atoms with Gasteiger partial charge in [0.2, 0.25) is 0 Å². The fraction of sp³-hybridized carbons (Fsp3) is 0.250. The molecule has 1 heterocycles. The Labute approximate surface area is 118 Å². The summed E-state index contributed by atoms with van der Waals surface area (Å²) in [6, 6.07) is 11.3. The van der Waals surface area contributed by atoms with Crippen molar-refractivity contribution >= 4 is 5.91 Å². The van der Waals surface area contributed by atoms with E-state index in [1.165, 1.54) is 0 Å². The van der Waals surface area contributed by atoms with Crippen molar-refractivity contribution < 1.29 is 9.53 Å². The number of pyridine rings is 1. The van der Waals surface area contributed by atoms with E-state index in [0.717, 1.165) is 11.1 Å². The number of rotatable bonds is 5. The molecule has 0 fully saturated rings. The highest BCUT2D eigenvalue weighted by molar-refractivity contribution is 5.78. The van der Waals surface area contributed by atoms with E-state index in [1.54, 1.807) is 12.4 Å². The summed E-state index contributed by atoms with van der Waals surface area (Å²) in [7, 11) is 0. The first-order valence-corrected chi connectivity index (χ1v) is 6.54. The number of carbonyl (C=O) groups excluding carboxylic acids is 1. The monoisotopic (exact) mass is 270 g/mol. The summed E-state index contributed by atoms with van der Waals surface area (Å²) in [6.45, 7) is 3.93. The van der Waals surface area contributed by atoms with Crippen LogP contribution in [-0.2, 0) is 4.79 Å². The van der Waals surface area contributed by atoms with E-state index >= 15 is 0 Å². The Hall–Kier alpha value is -2.36. The summed E-state index contributed by atoms with van der Waals surface area (Å²) < 4.78 is 5.43. The summed E-state index contributed by atoms with van der Waals surface area (Å²) >= 11 is 0. The third kappa shape index (κ3) is 4.09. The zero-order chi connectivity index (χ0) is 14.4. The van der Waals surface area contributed by atoms with Crippen molar-refractivity contribution in [3.8, 4) is 5.75 Å². The highest BCUT2D eigenvalue weighted by Gasteiger charge is 2.09.